The van der Waals surface area contributed by atoms with E-state index in [-0.39, 0.29) is 0 Å². The third-order valence-electron chi connectivity index (χ3n) is 0.704. The molecule has 0 unspecified atom stereocenters. The minimum atomic E-state index is -1.06. The molecule has 0 bridgehead atoms. The Morgan fingerprint density at radius 3 is 1.23 bits per heavy atom. The van der Waals surface area contributed by atoms with Crippen molar-refractivity contribution in [2.45, 2.75) is 20.8 Å². The summed E-state index contributed by atoms with van der Waals surface area (Å²) >= 11 is 0. The maximum Gasteiger partial charge on any atom is 0.332 e. The highest BCUT2D eigenvalue weighted by atomic mass is 31.2. The quantitative estimate of drug-likeness (QED) is 0.683. The zero-order valence-electron chi connectivity index (χ0n) is 9.29. The topological polar surface area (TPSA) is 39.7 Å². The summed E-state index contributed by atoms with van der Waals surface area (Å²) in [4.78, 5) is 0. The second-order valence-corrected chi connectivity index (χ2v) is 3.20. The van der Waals surface area contributed by atoms with Gasteiger partial charge in [0.25, 0.3) is 0 Å². The monoisotopic (exact) mass is 211 g/mol. The fourth-order valence-electron chi connectivity index (χ4n) is 0.428. The molecule has 0 saturated heterocycles. The summed E-state index contributed by atoms with van der Waals surface area (Å²) in [5.74, 6) is 0. The Kier molecular flexibility index (Phi) is 17.9. The van der Waals surface area contributed by atoms with E-state index in [1.807, 2.05) is 34.9 Å². The fraction of sp³-hybridized carbons (Fsp3) is 1.00. The molecule has 0 heterocycles. The van der Waals surface area contributed by atoms with Crippen LogP contribution in [-0.4, -0.2) is 33.9 Å². The summed E-state index contributed by atoms with van der Waals surface area (Å²) in [5, 5.41) is 2.75. The van der Waals surface area contributed by atoms with E-state index in [2.05, 4.69) is 5.32 Å². The highest BCUT2D eigenvalue weighted by Crippen LogP contribution is 2.38. The predicted octanol–water partition coefficient (Wildman–Crippen LogP) is 2.16. The molecular weight excluding hydrogens is 189 g/mol. The molecule has 0 spiro atoms. The van der Waals surface area contributed by atoms with Crippen LogP contribution in [0.25, 0.3) is 0 Å². The van der Waals surface area contributed by atoms with Crippen LogP contribution in [0.2, 0.25) is 0 Å². The molecule has 4 nitrogen and oxygen atoms in total. The van der Waals surface area contributed by atoms with Gasteiger partial charge in [-0.1, -0.05) is 0 Å². The largest absolute Gasteiger partial charge is 0.332 e. The highest BCUT2D eigenvalue weighted by molar-refractivity contribution is 7.41. The lowest BCUT2D eigenvalue weighted by molar-refractivity contribution is 0.176. The third-order valence-corrected chi connectivity index (χ3v) is 2.11. The van der Waals surface area contributed by atoms with E-state index < -0.39 is 8.60 Å². The van der Waals surface area contributed by atoms with Gasteiger partial charge in [0, 0.05) is 0 Å². The van der Waals surface area contributed by atoms with Crippen molar-refractivity contribution in [1.29, 1.82) is 0 Å². The molecule has 0 radical (unpaired) electrons. The molecule has 5 heteroatoms. The minimum Gasteiger partial charge on any atom is -0.323 e. The van der Waals surface area contributed by atoms with Gasteiger partial charge in [-0.15, -0.1) is 0 Å². The molecule has 0 aliphatic carbocycles. The molecule has 82 valence electrons. The van der Waals surface area contributed by atoms with Crippen molar-refractivity contribution in [3.8, 4) is 0 Å². The average Bonchev–Trinajstić information content (AvgIpc) is 2.07. The van der Waals surface area contributed by atoms with Crippen LogP contribution in [0, 0.1) is 0 Å². The molecule has 0 fully saturated rings. The lowest BCUT2D eigenvalue weighted by atomic mass is 10.9. The van der Waals surface area contributed by atoms with E-state index in [4.69, 9.17) is 13.6 Å². The SMILES string of the molecule is CCOP(OCC)OCC.CNC. The van der Waals surface area contributed by atoms with E-state index >= 15 is 0 Å². The zero-order valence-corrected chi connectivity index (χ0v) is 10.2. The first kappa shape index (κ1) is 15.7. The summed E-state index contributed by atoms with van der Waals surface area (Å²) < 4.78 is 15.4. The van der Waals surface area contributed by atoms with E-state index in [1.165, 1.54) is 0 Å². The molecule has 0 saturated carbocycles. The lowest BCUT2D eigenvalue weighted by Crippen LogP contribution is -1.94. The Labute approximate surface area is 82.9 Å². The second-order valence-electron chi connectivity index (χ2n) is 1.98. The normalized spacial score (nSPS) is 9.69. The molecule has 13 heavy (non-hydrogen) atoms. The molecule has 1 N–H and O–H groups in total. The molecule has 0 aromatic carbocycles. The van der Waals surface area contributed by atoms with Gasteiger partial charge in [-0.05, 0) is 34.9 Å². The summed E-state index contributed by atoms with van der Waals surface area (Å²) in [5.41, 5.74) is 0. The minimum absolute atomic E-state index is 0.645. The summed E-state index contributed by atoms with van der Waals surface area (Å²) in [7, 11) is 2.69. The zero-order chi connectivity index (χ0) is 10.5. The van der Waals surface area contributed by atoms with Crippen LogP contribution in [0.15, 0.2) is 0 Å². The Hall–Kier alpha value is 0.270. The number of rotatable bonds is 6. The smallest absolute Gasteiger partial charge is 0.323 e. The average molecular weight is 211 g/mol. The number of hydrogen-bond donors (Lipinski definition) is 1. The van der Waals surface area contributed by atoms with Gasteiger partial charge >= 0.3 is 8.60 Å². The molecule has 0 atom stereocenters. The van der Waals surface area contributed by atoms with Crippen molar-refractivity contribution in [3.63, 3.8) is 0 Å². The van der Waals surface area contributed by atoms with Crippen LogP contribution in [0.3, 0.4) is 0 Å². The first-order chi connectivity index (χ1) is 6.26. The maximum absolute atomic E-state index is 5.14. The van der Waals surface area contributed by atoms with Crippen LogP contribution in [-0.2, 0) is 13.6 Å². The number of nitrogens with one attached hydrogen (secondary N) is 1. The maximum atomic E-state index is 5.14. The molecule has 0 aliphatic heterocycles. The van der Waals surface area contributed by atoms with E-state index in [9.17, 15) is 0 Å². The van der Waals surface area contributed by atoms with Gasteiger partial charge in [0.15, 0.2) is 0 Å². The predicted molar refractivity (Wildman–Crippen MR) is 56.8 cm³/mol. The summed E-state index contributed by atoms with van der Waals surface area (Å²) in [6.07, 6.45) is 0. The van der Waals surface area contributed by atoms with Crippen molar-refractivity contribution in [3.05, 3.63) is 0 Å². The Morgan fingerprint density at radius 2 is 1.08 bits per heavy atom. The van der Waals surface area contributed by atoms with Crippen LogP contribution < -0.4 is 5.32 Å². The highest BCUT2D eigenvalue weighted by Gasteiger charge is 2.07. The van der Waals surface area contributed by atoms with Crippen LogP contribution in [0.1, 0.15) is 20.8 Å². The van der Waals surface area contributed by atoms with Crippen molar-refractivity contribution in [2.75, 3.05) is 33.9 Å². The van der Waals surface area contributed by atoms with Crippen molar-refractivity contribution in [2.24, 2.45) is 0 Å². The Balaban J connectivity index is 0. The van der Waals surface area contributed by atoms with Crippen molar-refractivity contribution in [1.82, 2.24) is 5.32 Å². The molecule has 0 rings (SSSR count). The van der Waals surface area contributed by atoms with Gasteiger partial charge in [0.05, 0.1) is 19.8 Å². The molecule has 0 aliphatic rings. The first-order valence-corrected chi connectivity index (χ1v) is 5.63. The third kappa shape index (κ3) is 15.1. The van der Waals surface area contributed by atoms with Gasteiger partial charge < -0.3 is 18.9 Å². The fourth-order valence-corrected chi connectivity index (χ4v) is 1.28. The van der Waals surface area contributed by atoms with Gasteiger partial charge in [0.1, 0.15) is 0 Å². The van der Waals surface area contributed by atoms with Crippen LogP contribution >= 0.6 is 8.60 Å². The lowest BCUT2D eigenvalue weighted by Gasteiger charge is -2.12. The molecule has 0 aromatic heterocycles. The standard InChI is InChI=1S/C6H15O3P.C2H7N/c1-4-7-10(8-5-2)9-6-3;1-3-2/h4-6H2,1-3H3;3H,1-2H3. The van der Waals surface area contributed by atoms with Crippen LogP contribution in [0.4, 0.5) is 0 Å². The molecule has 0 aromatic rings. The molecule has 0 amide bonds. The van der Waals surface area contributed by atoms with E-state index in [1.54, 1.807) is 0 Å². The van der Waals surface area contributed by atoms with Crippen molar-refractivity contribution < 1.29 is 13.6 Å². The molecular formula is C8H22NO3P. The van der Waals surface area contributed by atoms with Gasteiger partial charge in [0.2, 0.25) is 0 Å². The van der Waals surface area contributed by atoms with Crippen LogP contribution in [0.5, 0.6) is 0 Å². The van der Waals surface area contributed by atoms with Crippen molar-refractivity contribution >= 4 is 8.60 Å². The first-order valence-electron chi connectivity index (χ1n) is 4.54. The summed E-state index contributed by atoms with van der Waals surface area (Å²) in [6, 6.07) is 0. The van der Waals surface area contributed by atoms with Gasteiger partial charge in [-0.3, -0.25) is 0 Å². The van der Waals surface area contributed by atoms with E-state index in [0.29, 0.717) is 19.8 Å². The number of hydrogen-bond acceptors (Lipinski definition) is 4. The second kappa shape index (κ2) is 14.8. The Bertz CT molecular complexity index is 71.5. The Morgan fingerprint density at radius 1 is 0.846 bits per heavy atom. The van der Waals surface area contributed by atoms with Gasteiger partial charge in [-0.2, -0.15) is 0 Å². The van der Waals surface area contributed by atoms with Gasteiger partial charge in [-0.25, -0.2) is 0 Å². The van der Waals surface area contributed by atoms with E-state index in [0.717, 1.165) is 0 Å². The summed E-state index contributed by atoms with van der Waals surface area (Å²) in [6.45, 7) is 7.71.